The average molecular weight is 462 g/mol. The second-order valence-corrected chi connectivity index (χ2v) is 11.9. The molecule has 186 valence electrons. The number of quaternary nitrogens is 1. The molecule has 0 aromatic heterocycles. The van der Waals surface area contributed by atoms with Gasteiger partial charge in [0.25, 0.3) is 7.82 Å². The molecule has 31 heavy (non-hydrogen) atoms. The van der Waals surface area contributed by atoms with Gasteiger partial charge < -0.3 is 18.4 Å². The van der Waals surface area contributed by atoms with Gasteiger partial charge in [-0.3, -0.25) is 4.57 Å². The zero-order valence-corrected chi connectivity index (χ0v) is 22.0. The van der Waals surface area contributed by atoms with Crippen molar-refractivity contribution in [3.63, 3.8) is 0 Å². The van der Waals surface area contributed by atoms with Crippen LogP contribution < -0.4 is 4.89 Å². The molecular weight excluding hydrogens is 409 g/mol. The Morgan fingerprint density at radius 2 is 1.23 bits per heavy atom. The van der Waals surface area contributed by atoms with E-state index in [2.05, 4.69) is 28.1 Å². The Morgan fingerprint density at radius 1 is 0.774 bits per heavy atom. The number of phosphoric acid groups is 1. The van der Waals surface area contributed by atoms with Gasteiger partial charge >= 0.3 is 0 Å². The van der Waals surface area contributed by atoms with Crippen molar-refractivity contribution in [3.8, 4) is 0 Å². The van der Waals surface area contributed by atoms with Crippen LogP contribution in [0.3, 0.4) is 0 Å². The zero-order valence-electron chi connectivity index (χ0n) is 21.1. The van der Waals surface area contributed by atoms with Crippen LogP contribution in [-0.4, -0.2) is 44.4 Å². The summed E-state index contributed by atoms with van der Waals surface area (Å²) in [6.45, 7) is 2.52. The summed E-state index contributed by atoms with van der Waals surface area (Å²) in [5.74, 6) is 0. The van der Waals surface area contributed by atoms with Crippen LogP contribution in [0.25, 0.3) is 0 Å². The summed E-state index contributed by atoms with van der Waals surface area (Å²) in [5, 5.41) is 0. The minimum absolute atomic E-state index is 0.209. The third kappa shape index (κ3) is 14.8. The predicted octanol–water partition coefficient (Wildman–Crippen LogP) is 6.99. The van der Waals surface area contributed by atoms with E-state index < -0.39 is 7.82 Å². The summed E-state index contributed by atoms with van der Waals surface area (Å²) in [6, 6.07) is 0.209. The molecule has 0 aliphatic heterocycles. The highest BCUT2D eigenvalue weighted by atomic mass is 31.2. The van der Waals surface area contributed by atoms with Crippen molar-refractivity contribution in [2.45, 2.75) is 135 Å². The molecule has 1 aliphatic rings. The molecule has 3 atom stereocenters. The molecule has 1 rings (SSSR count). The molecule has 0 saturated heterocycles. The average Bonchev–Trinajstić information content (AvgIpc) is 2.70. The van der Waals surface area contributed by atoms with Crippen LogP contribution in [0.15, 0.2) is 0 Å². The quantitative estimate of drug-likeness (QED) is 0.118. The summed E-state index contributed by atoms with van der Waals surface area (Å²) < 4.78 is 23.7. The van der Waals surface area contributed by atoms with Crippen LogP contribution in [0.1, 0.15) is 122 Å². The standard InChI is InChI=1S/C25H52NO4P/c1-5-6-7-8-9-10-11-12-13-14-15-16-17-20-23-29-31(27,28)30-25-22-19-18-21-24(25)26(2,3)4/h24-25H,5-23H2,1-4H3/t24-,25-/m1/s1. The number of phosphoric ester groups is 1. The Labute approximate surface area is 193 Å². The summed E-state index contributed by atoms with van der Waals surface area (Å²) >= 11 is 0. The highest BCUT2D eigenvalue weighted by molar-refractivity contribution is 7.45. The second kappa shape index (κ2) is 16.6. The predicted molar refractivity (Wildman–Crippen MR) is 129 cm³/mol. The van der Waals surface area contributed by atoms with Crippen molar-refractivity contribution in [1.82, 2.24) is 0 Å². The first-order chi connectivity index (χ1) is 14.8. The molecule has 0 radical (unpaired) electrons. The summed E-state index contributed by atoms with van der Waals surface area (Å²) in [7, 11) is 2.11. The van der Waals surface area contributed by atoms with Gasteiger partial charge in [0.2, 0.25) is 0 Å². The van der Waals surface area contributed by atoms with E-state index >= 15 is 0 Å². The van der Waals surface area contributed by atoms with Crippen LogP contribution in [0, 0.1) is 0 Å². The van der Waals surface area contributed by atoms with Crippen molar-refractivity contribution < 1.29 is 23.0 Å². The van der Waals surface area contributed by atoms with Gasteiger partial charge in [0.1, 0.15) is 12.1 Å². The minimum Gasteiger partial charge on any atom is -0.756 e. The van der Waals surface area contributed by atoms with Crippen molar-refractivity contribution in [2.75, 3.05) is 27.7 Å². The molecule has 0 aromatic carbocycles. The van der Waals surface area contributed by atoms with Crippen molar-refractivity contribution >= 4 is 7.82 Å². The lowest BCUT2D eigenvalue weighted by Gasteiger charge is -2.43. The molecular formula is C25H52NO4P. The molecule has 1 fully saturated rings. The number of hydrogen-bond acceptors (Lipinski definition) is 4. The summed E-state index contributed by atoms with van der Waals surface area (Å²) in [4.78, 5) is 12.3. The Balaban J connectivity index is 2.00. The van der Waals surface area contributed by atoms with E-state index in [9.17, 15) is 9.46 Å². The fourth-order valence-electron chi connectivity index (χ4n) is 4.76. The Kier molecular flexibility index (Phi) is 15.6. The monoisotopic (exact) mass is 461 g/mol. The second-order valence-electron chi connectivity index (χ2n) is 10.5. The van der Waals surface area contributed by atoms with Gasteiger partial charge in [0.05, 0.1) is 27.7 Å². The van der Waals surface area contributed by atoms with Crippen LogP contribution in [0.2, 0.25) is 0 Å². The Bertz CT molecular complexity index is 481. The van der Waals surface area contributed by atoms with E-state index in [1.165, 1.54) is 70.6 Å². The smallest absolute Gasteiger partial charge is 0.268 e. The number of hydrogen-bond donors (Lipinski definition) is 0. The van der Waals surface area contributed by atoms with E-state index in [1.54, 1.807) is 0 Å². The maximum Gasteiger partial charge on any atom is 0.268 e. The largest absolute Gasteiger partial charge is 0.756 e. The van der Waals surface area contributed by atoms with Gasteiger partial charge in [-0.1, -0.05) is 96.8 Å². The van der Waals surface area contributed by atoms with E-state index in [0.29, 0.717) is 0 Å². The molecule has 1 aliphatic carbocycles. The van der Waals surface area contributed by atoms with Crippen molar-refractivity contribution in [1.29, 1.82) is 0 Å². The molecule has 6 heteroatoms. The third-order valence-electron chi connectivity index (χ3n) is 6.67. The van der Waals surface area contributed by atoms with Crippen LogP contribution >= 0.6 is 7.82 Å². The van der Waals surface area contributed by atoms with E-state index in [4.69, 9.17) is 9.05 Å². The maximum atomic E-state index is 12.3. The van der Waals surface area contributed by atoms with Crippen LogP contribution in [0.4, 0.5) is 0 Å². The van der Waals surface area contributed by atoms with E-state index in [1.807, 2.05) is 0 Å². The lowest BCUT2D eigenvalue weighted by molar-refractivity contribution is -0.900. The summed E-state index contributed by atoms with van der Waals surface area (Å²) in [5.41, 5.74) is 0. The number of rotatable bonds is 19. The van der Waals surface area contributed by atoms with E-state index in [-0.39, 0.29) is 18.8 Å². The zero-order chi connectivity index (χ0) is 23.0. The van der Waals surface area contributed by atoms with Crippen molar-refractivity contribution in [2.24, 2.45) is 0 Å². The maximum absolute atomic E-state index is 12.3. The molecule has 1 saturated carbocycles. The van der Waals surface area contributed by atoms with Gasteiger partial charge in [0, 0.05) is 6.42 Å². The molecule has 0 aromatic rings. The molecule has 0 N–H and O–H groups in total. The molecule has 0 amide bonds. The van der Waals surface area contributed by atoms with E-state index in [0.717, 1.165) is 49.4 Å². The van der Waals surface area contributed by atoms with Gasteiger partial charge in [-0.15, -0.1) is 0 Å². The fraction of sp³-hybridized carbons (Fsp3) is 1.00. The van der Waals surface area contributed by atoms with Gasteiger partial charge in [-0.05, 0) is 19.3 Å². The minimum atomic E-state index is -4.21. The Morgan fingerprint density at radius 3 is 1.71 bits per heavy atom. The lowest BCUT2D eigenvalue weighted by atomic mass is 9.91. The Hall–Kier alpha value is 0.0700. The van der Waals surface area contributed by atoms with Gasteiger partial charge in [-0.25, -0.2) is 0 Å². The van der Waals surface area contributed by atoms with Gasteiger partial charge in [-0.2, -0.15) is 0 Å². The topological polar surface area (TPSA) is 58.6 Å². The molecule has 5 nitrogen and oxygen atoms in total. The third-order valence-corrected chi connectivity index (χ3v) is 7.70. The van der Waals surface area contributed by atoms with Crippen LogP contribution in [-0.2, 0) is 13.6 Å². The van der Waals surface area contributed by atoms with Crippen molar-refractivity contribution in [3.05, 3.63) is 0 Å². The fourth-order valence-corrected chi connectivity index (χ4v) is 5.75. The number of likely N-dealkylation sites (N-methyl/N-ethyl adjacent to an activating group) is 1. The highest BCUT2D eigenvalue weighted by Gasteiger charge is 2.37. The molecule has 0 bridgehead atoms. The SMILES string of the molecule is CCCCCCCCCCCCCCCCOP(=O)([O-])O[C@@H]1CCCC[C@H]1[N+](C)(C)C. The first-order valence-corrected chi connectivity index (χ1v) is 14.7. The van der Waals surface area contributed by atoms with Crippen LogP contribution in [0.5, 0.6) is 0 Å². The lowest BCUT2D eigenvalue weighted by Crippen LogP contribution is -2.53. The molecule has 0 spiro atoms. The summed E-state index contributed by atoms with van der Waals surface area (Å²) in [6.07, 6.45) is 21.7. The number of nitrogens with zero attached hydrogens (tertiary/aromatic N) is 1. The first kappa shape index (κ1) is 29.1. The highest BCUT2D eigenvalue weighted by Crippen LogP contribution is 2.44. The van der Waals surface area contributed by atoms with Gasteiger partial charge in [0.15, 0.2) is 0 Å². The molecule has 0 heterocycles. The first-order valence-electron chi connectivity index (χ1n) is 13.2. The normalized spacial score (nSPS) is 21.8. The molecule has 1 unspecified atom stereocenters. The number of unbranched alkanes of at least 4 members (excludes halogenated alkanes) is 13.